The average Bonchev–Trinajstić information content (AvgIpc) is 3.19. The van der Waals surface area contributed by atoms with Crippen molar-refractivity contribution < 1.29 is 5.11 Å². The summed E-state index contributed by atoms with van der Waals surface area (Å²) in [5.74, 6) is 0.261. The molecular formula is C44H61ClN2O. The minimum absolute atomic E-state index is 0.0808. The molecule has 0 amide bonds. The minimum atomic E-state index is -0.213. The third-order valence-corrected chi connectivity index (χ3v) is 8.81. The first-order chi connectivity index (χ1) is 23.4. The highest BCUT2D eigenvalue weighted by Gasteiger charge is 2.36. The van der Waals surface area contributed by atoms with Crippen LogP contribution in [0.25, 0.3) is 12.2 Å². The highest BCUT2D eigenvalue weighted by Crippen LogP contribution is 2.39. The molecule has 3 aromatic carbocycles. The quantitative estimate of drug-likeness (QED) is 0.223. The molecule has 2 N–H and O–H groups in total. The van der Waals surface area contributed by atoms with Crippen molar-refractivity contribution in [1.29, 1.82) is 0 Å². The van der Waals surface area contributed by atoms with Crippen molar-refractivity contribution >= 4 is 29.4 Å². The molecular weight excluding hydrogens is 608 g/mol. The van der Waals surface area contributed by atoms with Gasteiger partial charge in [0.05, 0.1) is 6.04 Å². The summed E-state index contributed by atoms with van der Waals surface area (Å²) in [5, 5.41) is 17.3. The summed E-state index contributed by atoms with van der Waals surface area (Å²) in [6.45, 7) is 20.0. The summed E-state index contributed by atoms with van der Waals surface area (Å²) >= 11 is 6.59. The first-order valence-electron chi connectivity index (χ1n) is 18.2. The standard InChI is InChI=1S/C36H41ClN2O.C4H8.2C2H6/c1-5-8-13-27(7-3)25-39-26-36(4,23-11-16-29-15-10-9-14-28(29)12-6-2)38-35(30-17-20-32(40)21-18-30)33-24-31(37)19-22-34(33)39;1-2-4-3-1;2*1-2/h5,7-10,12-22,24,35,38,40H,1,6,11,23,25-26H2,2-4H3;1-4H2;2*1-2H3/b13-8-,27-7+,28-12-,29-16-;;;. The molecule has 48 heavy (non-hydrogen) atoms. The highest BCUT2D eigenvalue weighted by atomic mass is 35.5. The van der Waals surface area contributed by atoms with Gasteiger partial charge < -0.3 is 10.0 Å². The van der Waals surface area contributed by atoms with Gasteiger partial charge in [-0.1, -0.05) is 151 Å². The summed E-state index contributed by atoms with van der Waals surface area (Å²) in [6, 6.07) is 22.3. The summed E-state index contributed by atoms with van der Waals surface area (Å²) in [6.07, 6.45) is 21.7. The number of nitrogens with zero attached hydrogens (tertiary/aromatic N) is 1. The number of phenols is 1. The highest BCUT2D eigenvalue weighted by molar-refractivity contribution is 6.30. The van der Waals surface area contributed by atoms with Gasteiger partial charge in [-0.05, 0) is 90.6 Å². The molecule has 3 nitrogen and oxygen atoms in total. The predicted octanol–water partition coefficient (Wildman–Crippen LogP) is 11.1. The number of allylic oxidation sites excluding steroid dienone is 3. The molecule has 0 spiro atoms. The van der Waals surface area contributed by atoms with Gasteiger partial charge in [-0.25, -0.2) is 0 Å². The van der Waals surface area contributed by atoms with E-state index in [2.05, 4.69) is 98.3 Å². The molecule has 0 saturated heterocycles. The number of halogens is 1. The third-order valence-electron chi connectivity index (χ3n) is 8.57. The third kappa shape index (κ3) is 12.5. The Morgan fingerprint density at radius 2 is 1.58 bits per heavy atom. The van der Waals surface area contributed by atoms with Crippen molar-refractivity contribution in [3.63, 3.8) is 0 Å². The molecule has 1 fully saturated rings. The van der Waals surface area contributed by atoms with E-state index in [4.69, 9.17) is 11.6 Å². The summed E-state index contributed by atoms with van der Waals surface area (Å²) in [5.41, 5.74) is 4.41. The maximum absolute atomic E-state index is 10.0. The van der Waals surface area contributed by atoms with Crippen LogP contribution in [0.15, 0.2) is 103 Å². The Morgan fingerprint density at radius 3 is 2.15 bits per heavy atom. The Bertz CT molecular complexity index is 1550. The van der Waals surface area contributed by atoms with E-state index < -0.39 is 0 Å². The fourth-order valence-corrected chi connectivity index (χ4v) is 5.98. The van der Waals surface area contributed by atoms with E-state index in [1.54, 1.807) is 12.1 Å². The van der Waals surface area contributed by atoms with Crippen LogP contribution in [0.1, 0.15) is 111 Å². The molecule has 260 valence electrons. The average molecular weight is 669 g/mol. The summed E-state index contributed by atoms with van der Waals surface area (Å²) < 4.78 is 0. The summed E-state index contributed by atoms with van der Waals surface area (Å²) in [4.78, 5) is 2.47. The lowest BCUT2D eigenvalue weighted by Gasteiger charge is -2.36. The number of phenolic OH excluding ortho intramolecular Hbond substituents is 1. The molecule has 2 atom stereocenters. The molecule has 1 aliphatic carbocycles. The largest absolute Gasteiger partial charge is 0.508 e. The van der Waals surface area contributed by atoms with Gasteiger partial charge in [0.2, 0.25) is 0 Å². The molecule has 1 heterocycles. The van der Waals surface area contributed by atoms with Crippen molar-refractivity contribution in [2.45, 2.75) is 105 Å². The van der Waals surface area contributed by atoms with Crippen LogP contribution in [0.4, 0.5) is 5.69 Å². The van der Waals surface area contributed by atoms with Crippen LogP contribution in [-0.4, -0.2) is 23.7 Å². The van der Waals surface area contributed by atoms with E-state index in [-0.39, 0.29) is 17.3 Å². The Hall–Kier alpha value is -3.53. The van der Waals surface area contributed by atoms with Crippen molar-refractivity contribution in [1.82, 2.24) is 5.32 Å². The topological polar surface area (TPSA) is 35.5 Å². The van der Waals surface area contributed by atoms with E-state index in [9.17, 15) is 5.11 Å². The SMILES string of the molecule is C1CCC1.C=C/C=C\C(=C/C)CN1CC(C)(CC/C=c2/cccc/c2=C/CC)NC(c2ccc(O)cc2)c2cc(Cl)ccc21.CC.CC. The Labute approximate surface area is 297 Å². The number of aromatic hydroxyl groups is 1. The second-order valence-electron chi connectivity index (χ2n) is 12.1. The van der Waals surface area contributed by atoms with E-state index >= 15 is 0 Å². The van der Waals surface area contributed by atoms with Gasteiger partial charge in [0.15, 0.2) is 0 Å². The van der Waals surface area contributed by atoms with Crippen LogP contribution in [0.3, 0.4) is 0 Å². The first-order valence-corrected chi connectivity index (χ1v) is 18.5. The smallest absolute Gasteiger partial charge is 0.115 e. The fraction of sp³-hybridized carbons (Fsp3) is 0.409. The zero-order chi connectivity index (χ0) is 35.4. The first kappa shape index (κ1) is 40.6. The van der Waals surface area contributed by atoms with Crippen molar-refractivity contribution in [3.8, 4) is 5.75 Å². The monoisotopic (exact) mass is 668 g/mol. The van der Waals surface area contributed by atoms with Crippen LogP contribution in [0.2, 0.25) is 5.02 Å². The number of anilines is 1. The van der Waals surface area contributed by atoms with E-state index in [0.29, 0.717) is 5.02 Å². The Kier molecular flexibility index (Phi) is 18.8. The molecule has 0 bridgehead atoms. The lowest BCUT2D eigenvalue weighted by molar-refractivity contribution is 0.322. The van der Waals surface area contributed by atoms with Gasteiger partial charge in [0.25, 0.3) is 0 Å². The Morgan fingerprint density at radius 1 is 0.958 bits per heavy atom. The number of rotatable bonds is 9. The van der Waals surface area contributed by atoms with Crippen LogP contribution in [0, 0.1) is 0 Å². The van der Waals surface area contributed by atoms with Gasteiger partial charge in [-0.15, -0.1) is 0 Å². The van der Waals surface area contributed by atoms with Crippen molar-refractivity contribution in [3.05, 3.63) is 130 Å². The second-order valence-corrected chi connectivity index (χ2v) is 12.6. The van der Waals surface area contributed by atoms with Crippen LogP contribution in [-0.2, 0) is 0 Å². The van der Waals surface area contributed by atoms with Gasteiger partial charge >= 0.3 is 0 Å². The number of benzene rings is 3. The van der Waals surface area contributed by atoms with Crippen molar-refractivity contribution in [2.24, 2.45) is 0 Å². The zero-order valence-corrected chi connectivity index (χ0v) is 31.5. The maximum atomic E-state index is 10.0. The van der Waals surface area contributed by atoms with Crippen molar-refractivity contribution in [2.75, 3.05) is 18.0 Å². The number of hydrogen-bond donors (Lipinski definition) is 2. The van der Waals surface area contributed by atoms with Crippen LogP contribution >= 0.6 is 11.6 Å². The minimum Gasteiger partial charge on any atom is -0.508 e. The predicted molar refractivity (Wildman–Crippen MR) is 214 cm³/mol. The molecule has 3 aromatic rings. The van der Waals surface area contributed by atoms with E-state index in [1.165, 1.54) is 41.7 Å². The molecule has 1 aliphatic heterocycles. The second kappa shape index (κ2) is 22.2. The van der Waals surface area contributed by atoms with E-state index in [1.807, 2.05) is 58.0 Å². The van der Waals surface area contributed by atoms with Gasteiger partial charge in [-0.3, -0.25) is 5.32 Å². The maximum Gasteiger partial charge on any atom is 0.115 e. The lowest BCUT2D eigenvalue weighted by Crippen LogP contribution is -2.51. The van der Waals surface area contributed by atoms with Crippen LogP contribution < -0.4 is 20.7 Å². The summed E-state index contributed by atoms with van der Waals surface area (Å²) in [7, 11) is 0. The Balaban J connectivity index is 0.000000900. The number of nitrogens with one attached hydrogen (secondary N) is 1. The molecule has 0 radical (unpaired) electrons. The normalized spacial score (nSPS) is 19.4. The molecule has 4 heteroatoms. The molecule has 5 rings (SSSR count). The zero-order valence-electron chi connectivity index (χ0n) is 30.7. The lowest BCUT2D eigenvalue weighted by atomic mass is 9.91. The molecule has 1 saturated carbocycles. The fourth-order valence-electron chi connectivity index (χ4n) is 5.80. The molecule has 2 aliphatic rings. The van der Waals surface area contributed by atoms with E-state index in [0.717, 1.165) is 49.2 Å². The molecule has 2 unspecified atom stereocenters. The van der Waals surface area contributed by atoms with Gasteiger partial charge in [0, 0.05) is 29.3 Å². The van der Waals surface area contributed by atoms with Crippen LogP contribution in [0.5, 0.6) is 5.75 Å². The number of hydrogen-bond acceptors (Lipinski definition) is 3. The number of fused-ring (bicyclic) bond motifs is 1. The molecule has 0 aromatic heterocycles. The van der Waals surface area contributed by atoms with Gasteiger partial charge in [-0.2, -0.15) is 0 Å². The van der Waals surface area contributed by atoms with Gasteiger partial charge in [0.1, 0.15) is 5.75 Å².